The number of carbonyl (C=O) groups is 1. The van der Waals surface area contributed by atoms with Crippen LogP contribution in [0.15, 0.2) is 53.9 Å². The number of thioether (sulfide) groups is 1. The highest BCUT2D eigenvalue weighted by Gasteiger charge is 2.14. The number of benzene rings is 1. The Labute approximate surface area is 175 Å². The van der Waals surface area contributed by atoms with Gasteiger partial charge in [-0.1, -0.05) is 11.8 Å². The summed E-state index contributed by atoms with van der Waals surface area (Å²) in [7, 11) is 0. The second kappa shape index (κ2) is 10.1. The zero-order valence-corrected chi connectivity index (χ0v) is 17.8. The van der Waals surface area contributed by atoms with Gasteiger partial charge in [0, 0.05) is 49.0 Å². The molecule has 0 saturated carbocycles. The van der Waals surface area contributed by atoms with Crippen molar-refractivity contribution in [2.24, 2.45) is 0 Å². The van der Waals surface area contributed by atoms with E-state index in [9.17, 15) is 4.79 Å². The van der Waals surface area contributed by atoms with Crippen molar-refractivity contribution in [3.8, 4) is 11.4 Å². The van der Waals surface area contributed by atoms with E-state index in [-0.39, 0.29) is 11.7 Å². The molecule has 0 aliphatic heterocycles. The van der Waals surface area contributed by atoms with Crippen LogP contribution in [0.2, 0.25) is 0 Å². The number of anilines is 2. The van der Waals surface area contributed by atoms with Gasteiger partial charge < -0.3 is 14.8 Å². The van der Waals surface area contributed by atoms with E-state index in [4.69, 9.17) is 0 Å². The summed E-state index contributed by atoms with van der Waals surface area (Å²) in [5, 5.41) is 12.2. The highest BCUT2D eigenvalue weighted by Crippen LogP contribution is 2.24. The third-order valence-corrected chi connectivity index (χ3v) is 5.53. The maximum absolute atomic E-state index is 12.4. The van der Waals surface area contributed by atoms with Crippen molar-refractivity contribution in [2.75, 3.05) is 29.1 Å². The first-order valence-corrected chi connectivity index (χ1v) is 10.8. The minimum atomic E-state index is -0.0702. The highest BCUT2D eigenvalue weighted by molar-refractivity contribution is 7.99. The van der Waals surface area contributed by atoms with Crippen LogP contribution in [0.4, 0.5) is 11.4 Å². The van der Waals surface area contributed by atoms with Gasteiger partial charge >= 0.3 is 0 Å². The van der Waals surface area contributed by atoms with Crippen LogP contribution in [0.25, 0.3) is 11.4 Å². The number of amides is 1. The van der Waals surface area contributed by atoms with Crippen LogP contribution in [0.5, 0.6) is 0 Å². The number of nitrogens with one attached hydrogen (secondary N) is 1. The molecule has 3 rings (SSSR count). The fraction of sp³-hybridized carbons (Fsp3) is 0.333. The molecular formula is C21H26N6OS. The smallest absolute Gasteiger partial charge is 0.234 e. The Kier molecular flexibility index (Phi) is 7.24. The van der Waals surface area contributed by atoms with Gasteiger partial charge in [0.1, 0.15) is 0 Å². The minimum Gasteiger partial charge on any atom is -0.372 e. The molecule has 0 saturated heterocycles. The third kappa shape index (κ3) is 5.14. The maximum atomic E-state index is 12.4. The van der Waals surface area contributed by atoms with E-state index in [0.29, 0.717) is 6.54 Å². The fourth-order valence-corrected chi connectivity index (χ4v) is 3.86. The van der Waals surface area contributed by atoms with E-state index in [1.165, 1.54) is 11.8 Å². The molecule has 0 fully saturated rings. The molecule has 29 heavy (non-hydrogen) atoms. The summed E-state index contributed by atoms with van der Waals surface area (Å²) in [6, 6.07) is 11.8. The molecule has 0 bridgehead atoms. The SMILES string of the molecule is CCN(CC)c1ccc(NC(=O)CSc2nnc(-c3cccnc3)n2CC)cc1. The summed E-state index contributed by atoms with van der Waals surface area (Å²) >= 11 is 1.38. The molecule has 7 nitrogen and oxygen atoms in total. The van der Waals surface area contributed by atoms with Crippen molar-refractivity contribution >= 4 is 29.0 Å². The summed E-state index contributed by atoms with van der Waals surface area (Å²) in [5.74, 6) is 0.956. The molecule has 1 amide bonds. The van der Waals surface area contributed by atoms with E-state index in [1.54, 1.807) is 12.4 Å². The van der Waals surface area contributed by atoms with Crippen molar-refractivity contribution in [2.45, 2.75) is 32.5 Å². The van der Waals surface area contributed by atoms with E-state index in [0.717, 1.165) is 41.0 Å². The standard InChI is InChI=1S/C21H26N6OS/c1-4-26(5-2)18-11-9-17(10-12-18)23-19(28)15-29-21-25-24-20(27(21)6-3)16-8-7-13-22-14-16/h7-14H,4-6,15H2,1-3H3,(H,23,28). The van der Waals surface area contributed by atoms with E-state index in [2.05, 4.69) is 39.2 Å². The average Bonchev–Trinajstić information content (AvgIpc) is 3.18. The Morgan fingerprint density at radius 3 is 2.48 bits per heavy atom. The van der Waals surface area contributed by atoms with Crippen molar-refractivity contribution in [1.82, 2.24) is 19.7 Å². The normalized spacial score (nSPS) is 10.7. The van der Waals surface area contributed by atoms with Crippen molar-refractivity contribution in [3.05, 3.63) is 48.8 Å². The number of aromatic nitrogens is 4. The van der Waals surface area contributed by atoms with Gasteiger partial charge in [-0.2, -0.15) is 0 Å². The summed E-state index contributed by atoms with van der Waals surface area (Å²) in [6.07, 6.45) is 3.49. The van der Waals surface area contributed by atoms with E-state index < -0.39 is 0 Å². The minimum absolute atomic E-state index is 0.0702. The first-order chi connectivity index (χ1) is 14.2. The number of hydrogen-bond donors (Lipinski definition) is 1. The Morgan fingerprint density at radius 2 is 1.86 bits per heavy atom. The van der Waals surface area contributed by atoms with E-state index in [1.807, 2.05) is 47.9 Å². The monoisotopic (exact) mass is 410 g/mol. The maximum Gasteiger partial charge on any atom is 0.234 e. The van der Waals surface area contributed by atoms with Crippen LogP contribution in [-0.4, -0.2) is 44.5 Å². The van der Waals surface area contributed by atoms with Gasteiger partial charge in [0.05, 0.1) is 5.75 Å². The predicted octanol–water partition coefficient (Wildman–Crippen LogP) is 3.94. The molecule has 3 aromatic rings. The lowest BCUT2D eigenvalue weighted by atomic mass is 10.2. The lowest BCUT2D eigenvalue weighted by Crippen LogP contribution is -2.21. The molecule has 0 spiro atoms. The summed E-state index contributed by atoms with van der Waals surface area (Å²) in [6.45, 7) is 8.92. The highest BCUT2D eigenvalue weighted by atomic mass is 32.2. The predicted molar refractivity (Wildman–Crippen MR) is 118 cm³/mol. The Hall–Kier alpha value is -2.87. The molecule has 0 aliphatic carbocycles. The number of rotatable bonds is 9. The Morgan fingerprint density at radius 1 is 1.10 bits per heavy atom. The van der Waals surface area contributed by atoms with Gasteiger partial charge in [0.25, 0.3) is 0 Å². The van der Waals surface area contributed by atoms with E-state index >= 15 is 0 Å². The molecule has 0 unspecified atom stereocenters. The largest absolute Gasteiger partial charge is 0.372 e. The first kappa shape index (κ1) is 20.9. The molecular weight excluding hydrogens is 384 g/mol. The van der Waals surface area contributed by atoms with Crippen LogP contribution >= 0.6 is 11.8 Å². The zero-order chi connectivity index (χ0) is 20.6. The molecule has 2 aromatic heterocycles. The van der Waals surface area contributed by atoms with Crippen LogP contribution in [-0.2, 0) is 11.3 Å². The molecule has 0 radical (unpaired) electrons. The third-order valence-electron chi connectivity index (χ3n) is 4.56. The van der Waals surface area contributed by atoms with Crippen LogP contribution in [0, 0.1) is 0 Å². The lowest BCUT2D eigenvalue weighted by Gasteiger charge is -2.21. The van der Waals surface area contributed by atoms with Gasteiger partial charge in [-0.25, -0.2) is 0 Å². The van der Waals surface area contributed by atoms with Gasteiger partial charge in [0.15, 0.2) is 11.0 Å². The van der Waals surface area contributed by atoms with Crippen molar-refractivity contribution in [3.63, 3.8) is 0 Å². The first-order valence-electron chi connectivity index (χ1n) is 9.77. The molecule has 152 valence electrons. The summed E-state index contributed by atoms with van der Waals surface area (Å²) in [5.41, 5.74) is 2.85. The fourth-order valence-electron chi connectivity index (χ4n) is 3.06. The number of carbonyl (C=O) groups excluding carboxylic acids is 1. The second-order valence-electron chi connectivity index (χ2n) is 6.35. The van der Waals surface area contributed by atoms with Gasteiger partial charge in [0.2, 0.25) is 5.91 Å². The molecule has 1 aromatic carbocycles. The second-order valence-corrected chi connectivity index (χ2v) is 7.29. The molecule has 1 N–H and O–H groups in total. The van der Waals surface area contributed by atoms with Crippen molar-refractivity contribution < 1.29 is 4.79 Å². The Bertz CT molecular complexity index is 922. The molecule has 0 atom stereocenters. The molecule has 2 heterocycles. The zero-order valence-electron chi connectivity index (χ0n) is 17.0. The topological polar surface area (TPSA) is 75.9 Å². The van der Waals surface area contributed by atoms with Gasteiger partial charge in [-0.3, -0.25) is 9.78 Å². The summed E-state index contributed by atoms with van der Waals surface area (Å²) in [4.78, 5) is 18.8. The number of hydrogen-bond acceptors (Lipinski definition) is 6. The Balaban J connectivity index is 1.60. The lowest BCUT2D eigenvalue weighted by molar-refractivity contribution is -0.113. The van der Waals surface area contributed by atoms with Crippen molar-refractivity contribution in [1.29, 1.82) is 0 Å². The molecule has 8 heteroatoms. The number of pyridine rings is 1. The number of nitrogens with zero attached hydrogens (tertiary/aromatic N) is 5. The van der Waals surface area contributed by atoms with Gasteiger partial charge in [-0.05, 0) is 57.2 Å². The molecule has 0 aliphatic rings. The van der Waals surface area contributed by atoms with Crippen LogP contribution in [0.3, 0.4) is 0 Å². The average molecular weight is 411 g/mol. The quantitative estimate of drug-likeness (QED) is 0.539. The van der Waals surface area contributed by atoms with Crippen LogP contribution < -0.4 is 10.2 Å². The summed E-state index contributed by atoms with van der Waals surface area (Å²) < 4.78 is 1.99. The van der Waals surface area contributed by atoms with Gasteiger partial charge in [-0.15, -0.1) is 10.2 Å². The van der Waals surface area contributed by atoms with Crippen LogP contribution in [0.1, 0.15) is 20.8 Å².